The Balaban J connectivity index is 2.52. The van der Waals surface area contributed by atoms with Gasteiger partial charge in [0.05, 0.1) is 11.2 Å². The maximum Gasteiger partial charge on any atom is 0.166 e. The fraction of sp³-hybridized carbons (Fsp3) is 0.111. The van der Waals surface area contributed by atoms with Gasteiger partial charge in [-0.05, 0) is 24.6 Å². The summed E-state index contributed by atoms with van der Waals surface area (Å²) in [5, 5.41) is 8.55. The minimum absolute atomic E-state index is 0.377. The molecular weight excluding hydrogens is 200 g/mol. The topological polar surface area (TPSA) is 56.7 Å². The average molecular weight is 209 g/mol. The normalized spacial score (nSPS) is 10.4. The molecule has 0 saturated heterocycles. The van der Waals surface area contributed by atoms with Gasteiger partial charge in [0, 0.05) is 0 Å². The van der Waals surface area contributed by atoms with E-state index in [9.17, 15) is 0 Å². The molecule has 5 heteroatoms. The third-order valence-corrected chi connectivity index (χ3v) is 2.13. The van der Waals surface area contributed by atoms with E-state index in [1.165, 1.54) is 11.0 Å². The van der Waals surface area contributed by atoms with Crippen LogP contribution in [0.25, 0.3) is 5.69 Å². The van der Waals surface area contributed by atoms with Crippen LogP contribution in [-0.2, 0) is 0 Å². The van der Waals surface area contributed by atoms with E-state index in [-0.39, 0.29) is 0 Å². The van der Waals surface area contributed by atoms with Crippen LogP contribution >= 0.6 is 11.6 Å². The van der Waals surface area contributed by atoms with Crippen LogP contribution in [0.2, 0.25) is 5.02 Å². The fourth-order valence-electron chi connectivity index (χ4n) is 1.17. The number of benzene rings is 1. The van der Waals surface area contributed by atoms with Crippen molar-refractivity contribution in [1.29, 1.82) is 0 Å². The fourth-order valence-corrected chi connectivity index (χ4v) is 1.48. The van der Waals surface area contributed by atoms with Crippen molar-refractivity contribution in [3.05, 3.63) is 35.0 Å². The minimum Gasteiger partial charge on any atom is -0.381 e. The molecule has 0 bridgehead atoms. The molecule has 0 fully saturated rings. The molecule has 0 radical (unpaired) electrons. The quantitative estimate of drug-likeness (QED) is 0.778. The second-order valence-corrected chi connectivity index (χ2v) is 3.42. The van der Waals surface area contributed by atoms with Crippen LogP contribution in [0.4, 0.5) is 5.82 Å². The standard InChI is InChI=1S/C9H9ClN4/c1-6-2-3-8(7(10)4-6)14-12-5-9(11)13-14/h2-5H,1H3,(H2,11,13). The predicted molar refractivity (Wildman–Crippen MR) is 55.5 cm³/mol. The Hall–Kier alpha value is -1.55. The monoisotopic (exact) mass is 208 g/mol. The lowest BCUT2D eigenvalue weighted by molar-refractivity contribution is 0.754. The van der Waals surface area contributed by atoms with Crippen LogP contribution in [-0.4, -0.2) is 15.0 Å². The highest BCUT2D eigenvalue weighted by Crippen LogP contribution is 2.20. The van der Waals surface area contributed by atoms with E-state index in [1.54, 1.807) is 0 Å². The van der Waals surface area contributed by atoms with Gasteiger partial charge in [-0.25, -0.2) is 0 Å². The van der Waals surface area contributed by atoms with Gasteiger partial charge < -0.3 is 5.73 Å². The highest BCUT2D eigenvalue weighted by molar-refractivity contribution is 6.32. The maximum absolute atomic E-state index is 6.03. The lowest BCUT2D eigenvalue weighted by Crippen LogP contribution is -2.00. The number of anilines is 1. The molecule has 2 N–H and O–H groups in total. The first-order chi connectivity index (χ1) is 6.66. The van der Waals surface area contributed by atoms with Crippen molar-refractivity contribution in [2.24, 2.45) is 0 Å². The van der Waals surface area contributed by atoms with Crippen LogP contribution in [0.1, 0.15) is 5.56 Å². The second kappa shape index (κ2) is 3.31. The van der Waals surface area contributed by atoms with Gasteiger partial charge in [0.1, 0.15) is 5.69 Å². The lowest BCUT2D eigenvalue weighted by atomic mass is 10.2. The molecule has 0 aliphatic rings. The molecule has 0 saturated carbocycles. The third-order valence-electron chi connectivity index (χ3n) is 1.83. The van der Waals surface area contributed by atoms with E-state index < -0.39 is 0 Å². The number of hydrogen-bond donors (Lipinski definition) is 1. The SMILES string of the molecule is Cc1ccc(-n2ncc(N)n2)c(Cl)c1. The van der Waals surface area contributed by atoms with Crippen LogP contribution in [0, 0.1) is 6.92 Å². The molecule has 72 valence electrons. The van der Waals surface area contributed by atoms with Crippen molar-refractivity contribution in [3.63, 3.8) is 0 Å². The first-order valence-corrected chi connectivity index (χ1v) is 4.49. The highest BCUT2D eigenvalue weighted by Gasteiger charge is 2.04. The van der Waals surface area contributed by atoms with Crippen molar-refractivity contribution in [3.8, 4) is 5.69 Å². The summed E-state index contributed by atoms with van der Waals surface area (Å²) in [6.07, 6.45) is 1.48. The van der Waals surface area contributed by atoms with Gasteiger partial charge in [-0.2, -0.15) is 5.10 Å². The summed E-state index contributed by atoms with van der Waals surface area (Å²) in [4.78, 5) is 1.41. The van der Waals surface area contributed by atoms with Crippen molar-refractivity contribution in [2.45, 2.75) is 6.92 Å². The Labute approximate surface area is 86.3 Å². The lowest BCUT2D eigenvalue weighted by Gasteiger charge is -2.02. The van der Waals surface area contributed by atoms with Crippen molar-refractivity contribution < 1.29 is 0 Å². The Bertz CT molecular complexity index is 464. The molecule has 2 aromatic rings. The summed E-state index contributed by atoms with van der Waals surface area (Å²) in [5.41, 5.74) is 7.29. The van der Waals surface area contributed by atoms with Gasteiger partial charge >= 0.3 is 0 Å². The molecule has 0 atom stereocenters. The number of nitrogens with zero attached hydrogens (tertiary/aromatic N) is 3. The number of nitrogen functional groups attached to an aromatic ring is 1. The second-order valence-electron chi connectivity index (χ2n) is 3.01. The van der Waals surface area contributed by atoms with Crippen molar-refractivity contribution in [2.75, 3.05) is 5.73 Å². The maximum atomic E-state index is 6.03. The number of aromatic nitrogens is 3. The summed E-state index contributed by atoms with van der Waals surface area (Å²) < 4.78 is 0. The first-order valence-electron chi connectivity index (χ1n) is 4.11. The van der Waals surface area contributed by atoms with Crippen molar-refractivity contribution >= 4 is 17.4 Å². The summed E-state index contributed by atoms with van der Waals surface area (Å²) in [5.74, 6) is 0.377. The summed E-state index contributed by atoms with van der Waals surface area (Å²) in [6, 6.07) is 5.66. The van der Waals surface area contributed by atoms with E-state index in [1.807, 2.05) is 25.1 Å². The molecule has 4 nitrogen and oxygen atoms in total. The molecule has 1 aromatic carbocycles. The average Bonchev–Trinajstić information content (AvgIpc) is 2.51. The summed E-state index contributed by atoms with van der Waals surface area (Å²) in [7, 11) is 0. The Morgan fingerprint density at radius 2 is 2.21 bits per heavy atom. The Kier molecular flexibility index (Phi) is 2.13. The molecular formula is C9H9ClN4. The largest absolute Gasteiger partial charge is 0.381 e. The van der Waals surface area contributed by atoms with Gasteiger partial charge in [-0.3, -0.25) is 0 Å². The number of aryl methyl sites for hydroxylation is 1. The minimum atomic E-state index is 0.377. The molecule has 0 spiro atoms. The summed E-state index contributed by atoms with van der Waals surface area (Å²) in [6.45, 7) is 1.97. The molecule has 1 aromatic heterocycles. The smallest absolute Gasteiger partial charge is 0.166 e. The molecule has 0 aliphatic heterocycles. The van der Waals surface area contributed by atoms with Crippen LogP contribution < -0.4 is 5.73 Å². The summed E-state index contributed by atoms with van der Waals surface area (Å²) >= 11 is 6.03. The molecule has 0 unspecified atom stereocenters. The van der Waals surface area contributed by atoms with E-state index in [4.69, 9.17) is 17.3 Å². The van der Waals surface area contributed by atoms with E-state index >= 15 is 0 Å². The van der Waals surface area contributed by atoms with E-state index in [0.29, 0.717) is 10.8 Å². The van der Waals surface area contributed by atoms with Crippen LogP contribution in [0.3, 0.4) is 0 Å². The zero-order valence-corrected chi connectivity index (χ0v) is 8.36. The third kappa shape index (κ3) is 1.56. The Morgan fingerprint density at radius 1 is 1.43 bits per heavy atom. The molecule has 0 aliphatic carbocycles. The van der Waals surface area contributed by atoms with Crippen LogP contribution in [0.15, 0.2) is 24.4 Å². The van der Waals surface area contributed by atoms with Gasteiger partial charge in [-0.15, -0.1) is 9.90 Å². The Morgan fingerprint density at radius 3 is 2.79 bits per heavy atom. The molecule has 1 heterocycles. The zero-order valence-electron chi connectivity index (χ0n) is 7.61. The number of halogens is 1. The first kappa shape index (κ1) is 9.02. The van der Waals surface area contributed by atoms with E-state index in [2.05, 4.69) is 10.2 Å². The zero-order chi connectivity index (χ0) is 10.1. The number of nitrogens with two attached hydrogens (primary N) is 1. The predicted octanol–water partition coefficient (Wildman–Crippen LogP) is 1.81. The van der Waals surface area contributed by atoms with Gasteiger partial charge in [0.25, 0.3) is 0 Å². The van der Waals surface area contributed by atoms with Crippen LogP contribution in [0.5, 0.6) is 0 Å². The van der Waals surface area contributed by atoms with E-state index in [0.717, 1.165) is 11.3 Å². The molecule has 2 rings (SSSR count). The highest BCUT2D eigenvalue weighted by atomic mass is 35.5. The molecule has 0 amide bonds. The molecule has 14 heavy (non-hydrogen) atoms. The van der Waals surface area contributed by atoms with Gasteiger partial charge in [-0.1, -0.05) is 17.7 Å². The van der Waals surface area contributed by atoms with Gasteiger partial charge in [0.2, 0.25) is 0 Å². The van der Waals surface area contributed by atoms with Gasteiger partial charge in [0.15, 0.2) is 5.82 Å². The number of hydrogen-bond acceptors (Lipinski definition) is 3. The van der Waals surface area contributed by atoms with Crippen molar-refractivity contribution in [1.82, 2.24) is 15.0 Å². The number of rotatable bonds is 1.